The zero-order valence-corrected chi connectivity index (χ0v) is 10.3. The summed E-state index contributed by atoms with van der Waals surface area (Å²) in [6.45, 7) is 0.744. The SMILES string of the molecule is Cn1cnc(CCNc2cc(Br)ncn2)n1. The van der Waals surface area contributed by atoms with Gasteiger partial charge in [0.25, 0.3) is 0 Å². The number of hydrogen-bond donors (Lipinski definition) is 1. The lowest BCUT2D eigenvalue weighted by atomic mass is 10.4. The molecule has 2 heterocycles. The summed E-state index contributed by atoms with van der Waals surface area (Å²) in [4.78, 5) is 12.2. The van der Waals surface area contributed by atoms with Crippen molar-refractivity contribution < 1.29 is 0 Å². The summed E-state index contributed by atoms with van der Waals surface area (Å²) in [5.74, 6) is 1.61. The van der Waals surface area contributed by atoms with Gasteiger partial charge in [0, 0.05) is 26.1 Å². The highest BCUT2D eigenvalue weighted by atomic mass is 79.9. The van der Waals surface area contributed by atoms with Gasteiger partial charge in [-0.05, 0) is 15.9 Å². The molecule has 0 aromatic carbocycles. The van der Waals surface area contributed by atoms with Crippen LogP contribution in [0.2, 0.25) is 0 Å². The third kappa shape index (κ3) is 2.99. The van der Waals surface area contributed by atoms with Gasteiger partial charge < -0.3 is 5.32 Å². The first-order valence-electron chi connectivity index (χ1n) is 4.80. The summed E-state index contributed by atoms with van der Waals surface area (Å²) in [6, 6.07) is 1.83. The maximum Gasteiger partial charge on any atom is 0.152 e. The third-order valence-electron chi connectivity index (χ3n) is 1.94. The molecule has 0 fully saturated rings. The molecule has 0 aliphatic heterocycles. The lowest BCUT2D eigenvalue weighted by molar-refractivity contribution is 0.741. The molecule has 0 unspecified atom stereocenters. The van der Waals surface area contributed by atoms with Gasteiger partial charge in [-0.15, -0.1) is 0 Å². The van der Waals surface area contributed by atoms with E-state index in [9.17, 15) is 0 Å². The summed E-state index contributed by atoms with van der Waals surface area (Å²) in [6.07, 6.45) is 3.96. The van der Waals surface area contributed by atoms with Gasteiger partial charge in [-0.1, -0.05) is 0 Å². The summed E-state index contributed by atoms with van der Waals surface area (Å²) in [7, 11) is 1.85. The van der Waals surface area contributed by atoms with Gasteiger partial charge in [0.1, 0.15) is 23.1 Å². The van der Waals surface area contributed by atoms with E-state index in [1.807, 2.05) is 13.1 Å². The van der Waals surface area contributed by atoms with Crippen LogP contribution >= 0.6 is 15.9 Å². The molecule has 7 heteroatoms. The van der Waals surface area contributed by atoms with Crippen molar-refractivity contribution in [1.82, 2.24) is 24.7 Å². The molecule has 84 valence electrons. The Morgan fingerprint density at radius 3 is 2.94 bits per heavy atom. The fraction of sp³-hybridized carbons (Fsp3) is 0.333. The molecule has 0 atom stereocenters. The molecule has 0 aliphatic rings. The van der Waals surface area contributed by atoms with Crippen LogP contribution in [-0.4, -0.2) is 31.3 Å². The Bertz CT molecular complexity index is 469. The van der Waals surface area contributed by atoms with Crippen molar-refractivity contribution in [3.05, 3.63) is 29.1 Å². The molecule has 2 rings (SSSR count). The molecule has 0 aliphatic carbocycles. The molecule has 0 radical (unpaired) electrons. The fourth-order valence-corrected chi connectivity index (χ4v) is 1.54. The zero-order chi connectivity index (χ0) is 11.4. The maximum absolute atomic E-state index is 4.18. The second-order valence-electron chi connectivity index (χ2n) is 3.24. The highest BCUT2D eigenvalue weighted by molar-refractivity contribution is 9.10. The van der Waals surface area contributed by atoms with Gasteiger partial charge in [-0.2, -0.15) is 5.10 Å². The number of aryl methyl sites for hydroxylation is 1. The van der Waals surface area contributed by atoms with Crippen LogP contribution in [0.5, 0.6) is 0 Å². The first kappa shape index (κ1) is 11.0. The van der Waals surface area contributed by atoms with Gasteiger partial charge in [0.15, 0.2) is 5.82 Å². The van der Waals surface area contributed by atoms with Crippen molar-refractivity contribution >= 4 is 21.7 Å². The minimum absolute atomic E-state index is 0.744. The average molecular weight is 283 g/mol. The number of nitrogens with zero attached hydrogens (tertiary/aromatic N) is 5. The molecule has 0 saturated carbocycles. The number of anilines is 1. The Hall–Kier alpha value is -1.50. The van der Waals surface area contributed by atoms with E-state index < -0.39 is 0 Å². The lowest BCUT2D eigenvalue weighted by Gasteiger charge is -2.02. The van der Waals surface area contributed by atoms with E-state index in [0.717, 1.165) is 29.2 Å². The Kier molecular flexibility index (Phi) is 3.45. The number of hydrogen-bond acceptors (Lipinski definition) is 5. The standard InChI is InChI=1S/C9H11BrN6/c1-16-6-14-8(15-16)2-3-11-9-4-7(10)12-5-13-9/h4-6H,2-3H2,1H3,(H,11,12,13). The number of rotatable bonds is 4. The van der Waals surface area contributed by atoms with E-state index in [-0.39, 0.29) is 0 Å². The molecule has 0 amide bonds. The first-order valence-corrected chi connectivity index (χ1v) is 5.59. The van der Waals surface area contributed by atoms with Crippen LogP contribution in [0.25, 0.3) is 0 Å². The molecule has 16 heavy (non-hydrogen) atoms. The summed E-state index contributed by atoms with van der Waals surface area (Å²) in [5.41, 5.74) is 0. The largest absolute Gasteiger partial charge is 0.369 e. The first-order chi connectivity index (χ1) is 7.74. The Balaban J connectivity index is 1.84. The Morgan fingerprint density at radius 1 is 1.38 bits per heavy atom. The third-order valence-corrected chi connectivity index (χ3v) is 2.37. The van der Waals surface area contributed by atoms with Crippen LogP contribution in [0, 0.1) is 0 Å². The normalized spacial score (nSPS) is 10.4. The molecule has 0 spiro atoms. The van der Waals surface area contributed by atoms with Crippen molar-refractivity contribution in [3.63, 3.8) is 0 Å². The summed E-state index contributed by atoms with van der Waals surface area (Å²) < 4.78 is 2.46. The summed E-state index contributed by atoms with van der Waals surface area (Å²) >= 11 is 3.28. The van der Waals surface area contributed by atoms with Crippen molar-refractivity contribution in [1.29, 1.82) is 0 Å². The molecule has 0 bridgehead atoms. The number of halogens is 1. The Morgan fingerprint density at radius 2 is 2.25 bits per heavy atom. The number of nitrogens with one attached hydrogen (secondary N) is 1. The molecule has 2 aromatic rings. The fourth-order valence-electron chi connectivity index (χ4n) is 1.23. The van der Waals surface area contributed by atoms with E-state index in [4.69, 9.17) is 0 Å². The highest BCUT2D eigenvalue weighted by Gasteiger charge is 1.99. The van der Waals surface area contributed by atoms with Gasteiger partial charge >= 0.3 is 0 Å². The molecular formula is C9H11BrN6. The van der Waals surface area contributed by atoms with Crippen LogP contribution in [0.15, 0.2) is 23.3 Å². The van der Waals surface area contributed by atoms with Gasteiger partial charge in [-0.25, -0.2) is 15.0 Å². The molecule has 6 nitrogen and oxygen atoms in total. The average Bonchev–Trinajstić information content (AvgIpc) is 2.64. The van der Waals surface area contributed by atoms with E-state index in [1.54, 1.807) is 11.0 Å². The van der Waals surface area contributed by atoms with Crippen LogP contribution in [-0.2, 0) is 13.5 Å². The van der Waals surface area contributed by atoms with Crippen LogP contribution in [0.3, 0.4) is 0 Å². The predicted octanol–water partition coefficient (Wildman–Crippen LogP) is 1.02. The van der Waals surface area contributed by atoms with E-state index in [1.165, 1.54) is 6.33 Å². The molecule has 2 aromatic heterocycles. The molecule has 0 saturated heterocycles. The molecule has 1 N–H and O–H groups in total. The van der Waals surface area contributed by atoms with E-state index in [2.05, 4.69) is 41.3 Å². The van der Waals surface area contributed by atoms with Crippen molar-refractivity contribution in [2.45, 2.75) is 6.42 Å². The van der Waals surface area contributed by atoms with Crippen molar-refractivity contribution in [3.8, 4) is 0 Å². The van der Waals surface area contributed by atoms with Gasteiger partial charge in [0.2, 0.25) is 0 Å². The Labute approximate surface area is 101 Å². The zero-order valence-electron chi connectivity index (χ0n) is 8.76. The quantitative estimate of drug-likeness (QED) is 0.848. The van der Waals surface area contributed by atoms with Crippen molar-refractivity contribution in [2.75, 3.05) is 11.9 Å². The van der Waals surface area contributed by atoms with Crippen LogP contribution < -0.4 is 5.32 Å². The second kappa shape index (κ2) is 5.02. The van der Waals surface area contributed by atoms with Crippen molar-refractivity contribution in [2.24, 2.45) is 7.05 Å². The van der Waals surface area contributed by atoms with Crippen LogP contribution in [0.1, 0.15) is 5.82 Å². The minimum atomic E-state index is 0.744. The number of aromatic nitrogens is 5. The van der Waals surface area contributed by atoms with E-state index >= 15 is 0 Å². The predicted molar refractivity (Wildman–Crippen MR) is 62.9 cm³/mol. The monoisotopic (exact) mass is 282 g/mol. The second-order valence-corrected chi connectivity index (χ2v) is 4.05. The minimum Gasteiger partial charge on any atom is -0.369 e. The lowest BCUT2D eigenvalue weighted by Crippen LogP contribution is -2.07. The summed E-state index contributed by atoms with van der Waals surface area (Å²) in [5, 5.41) is 7.36. The molecular weight excluding hydrogens is 272 g/mol. The highest BCUT2D eigenvalue weighted by Crippen LogP contribution is 2.09. The smallest absolute Gasteiger partial charge is 0.152 e. The van der Waals surface area contributed by atoms with Gasteiger partial charge in [-0.3, -0.25) is 4.68 Å². The maximum atomic E-state index is 4.18. The topological polar surface area (TPSA) is 68.5 Å². The van der Waals surface area contributed by atoms with Crippen LogP contribution in [0.4, 0.5) is 5.82 Å². The van der Waals surface area contributed by atoms with E-state index in [0.29, 0.717) is 0 Å². The van der Waals surface area contributed by atoms with Gasteiger partial charge in [0.05, 0.1) is 0 Å².